The lowest BCUT2D eigenvalue weighted by atomic mass is 10.1. The molecule has 0 unspecified atom stereocenters. The Bertz CT molecular complexity index is 1280. The number of carbonyl (C=O) groups is 1. The van der Waals surface area contributed by atoms with Crippen molar-refractivity contribution in [3.8, 4) is 17.6 Å². The molecular formula is C24H16N2O3S2. The zero-order valence-corrected chi connectivity index (χ0v) is 18.1. The molecule has 0 fully saturated rings. The van der Waals surface area contributed by atoms with E-state index in [2.05, 4.69) is 6.07 Å². The van der Waals surface area contributed by atoms with Crippen molar-refractivity contribution in [2.45, 2.75) is 14.7 Å². The van der Waals surface area contributed by atoms with Crippen molar-refractivity contribution in [2.75, 3.05) is 17.9 Å². The number of carbonyl (C=O) groups excluding carboxylic acids is 1. The van der Waals surface area contributed by atoms with Gasteiger partial charge in [0, 0.05) is 14.7 Å². The Labute approximate surface area is 188 Å². The molecule has 2 aliphatic rings. The molecule has 3 aromatic rings. The number of rotatable bonds is 3. The standard InChI is InChI=1S/C24H16N2O3S2/c1-30-17-7-9-23-19(12-17)26(18-4-2-3-5-22(18)31-23)24(27)16(13-25)10-15-6-8-20-21(11-15)29-14-28-20/h2-12H,14H2,1H3/b16-10+. The summed E-state index contributed by atoms with van der Waals surface area (Å²) < 4.78 is 10.8. The van der Waals surface area contributed by atoms with E-state index in [4.69, 9.17) is 9.47 Å². The molecular weight excluding hydrogens is 428 g/mol. The second-order valence-electron chi connectivity index (χ2n) is 6.83. The van der Waals surface area contributed by atoms with Crippen molar-refractivity contribution in [2.24, 2.45) is 0 Å². The van der Waals surface area contributed by atoms with Crippen molar-refractivity contribution in [3.05, 3.63) is 71.8 Å². The largest absolute Gasteiger partial charge is 0.454 e. The molecule has 0 spiro atoms. The minimum Gasteiger partial charge on any atom is -0.454 e. The maximum Gasteiger partial charge on any atom is 0.273 e. The highest BCUT2D eigenvalue weighted by molar-refractivity contribution is 8.00. The van der Waals surface area contributed by atoms with E-state index in [-0.39, 0.29) is 18.3 Å². The van der Waals surface area contributed by atoms with Gasteiger partial charge in [0.2, 0.25) is 6.79 Å². The Morgan fingerprint density at radius 3 is 2.71 bits per heavy atom. The number of thioether (sulfide) groups is 1. The molecule has 3 aromatic carbocycles. The first-order valence-corrected chi connectivity index (χ1v) is 11.5. The van der Waals surface area contributed by atoms with E-state index in [9.17, 15) is 10.1 Å². The molecule has 5 nitrogen and oxygen atoms in total. The molecule has 5 rings (SSSR count). The highest BCUT2D eigenvalue weighted by Gasteiger charge is 2.30. The number of fused-ring (bicyclic) bond motifs is 3. The van der Waals surface area contributed by atoms with Gasteiger partial charge in [-0.15, -0.1) is 11.8 Å². The third-order valence-electron chi connectivity index (χ3n) is 4.99. The van der Waals surface area contributed by atoms with Gasteiger partial charge in [-0.1, -0.05) is 30.0 Å². The van der Waals surface area contributed by atoms with Gasteiger partial charge >= 0.3 is 0 Å². The lowest BCUT2D eigenvalue weighted by Crippen LogP contribution is -2.29. The van der Waals surface area contributed by atoms with Gasteiger partial charge < -0.3 is 9.47 Å². The number of ether oxygens (including phenoxy) is 2. The normalized spacial score (nSPS) is 13.9. The molecule has 0 radical (unpaired) electrons. The van der Waals surface area contributed by atoms with Crippen LogP contribution in [-0.4, -0.2) is 19.0 Å². The van der Waals surface area contributed by atoms with Crippen LogP contribution in [0.3, 0.4) is 0 Å². The molecule has 31 heavy (non-hydrogen) atoms. The van der Waals surface area contributed by atoms with Gasteiger partial charge in [0.05, 0.1) is 11.4 Å². The summed E-state index contributed by atoms with van der Waals surface area (Å²) in [5, 5.41) is 9.85. The summed E-state index contributed by atoms with van der Waals surface area (Å²) in [4.78, 5) is 18.3. The fourth-order valence-electron chi connectivity index (χ4n) is 3.51. The fraction of sp³-hybridized carbons (Fsp3) is 0.0833. The molecule has 0 N–H and O–H groups in total. The van der Waals surface area contributed by atoms with Crippen molar-refractivity contribution in [1.29, 1.82) is 5.26 Å². The summed E-state index contributed by atoms with van der Waals surface area (Å²) in [6.45, 7) is 0.170. The van der Waals surface area contributed by atoms with Crippen LogP contribution in [0.25, 0.3) is 6.08 Å². The SMILES string of the molecule is CSc1ccc2c(c1)N(C(=O)/C(C#N)=C/c1ccc3c(c1)OCO3)c1ccccc1S2. The van der Waals surface area contributed by atoms with E-state index in [0.29, 0.717) is 17.1 Å². The van der Waals surface area contributed by atoms with Gasteiger partial charge in [-0.2, -0.15) is 5.26 Å². The molecule has 2 aliphatic heterocycles. The Morgan fingerprint density at radius 1 is 1.06 bits per heavy atom. The Balaban J connectivity index is 1.60. The molecule has 0 atom stereocenters. The number of nitriles is 1. The highest BCUT2D eigenvalue weighted by atomic mass is 32.2. The maximum atomic E-state index is 13.7. The van der Waals surface area contributed by atoms with Crippen LogP contribution in [-0.2, 0) is 4.79 Å². The number of hydrogen-bond donors (Lipinski definition) is 0. The second kappa shape index (κ2) is 8.06. The first-order chi connectivity index (χ1) is 15.2. The van der Waals surface area contributed by atoms with Gasteiger partial charge in [0.15, 0.2) is 11.5 Å². The number of benzene rings is 3. The fourth-order valence-corrected chi connectivity index (χ4v) is 4.98. The van der Waals surface area contributed by atoms with Crippen LogP contribution in [0, 0.1) is 11.3 Å². The van der Waals surface area contributed by atoms with Crippen LogP contribution in [0.4, 0.5) is 11.4 Å². The van der Waals surface area contributed by atoms with E-state index < -0.39 is 0 Å². The van der Waals surface area contributed by atoms with Crippen molar-refractivity contribution >= 4 is 46.9 Å². The lowest BCUT2D eigenvalue weighted by Gasteiger charge is -2.31. The third kappa shape index (κ3) is 3.54. The highest BCUT2D eigenvalue weighted by Crippen LogP contribution is 2.49. The van der Waals surface area contributed by atoms with Gasteiger partial charge in [0.1, 0.15) is 11.6 Å². The number of anilines is 2. The summed E-state index contributed by atoms with van der Waals surface area (Å²) >= 11 is 3.24. The van der Waals surface area contributed by atoms with E-state index in [1.54, 1.807) is 52.7 Å². The summed E-state index contributed by atoms with van der Waals surface area (Å²) in [5.74, 6) is 0.892. The Kier molecular flexibility index (Phi) is 5.10. The summed E-state index contributed by atoms with van der Waals surface area (Å²) in [5.41, 5.74) is 2.30. The second-order valence-corrected chi connectivity index (χ2v) is 8.79. The van der Waals surface area contributed by atoms with E-state index in [1.807, 2.05) is 48.7 Å². The monoisotopic (exact) mass is 444 g/mol. The zero-order valence-electron chi connectivity index (χ0n) is 16.5. The molecule has 2 heterocycles. The van der Waals surface area contributed by atoms with Crippen molar-refractivity contribution in [1.82, 2.24) is 0 Å². The average molecular weight is 445 g/mol. The molecule has 0 saturated heterocycles. The van der Waals surface area contributed by atoms with Crippen LogP contribution < -0.4 is 14.4 Å². The molecule has 0 aromatic heterocycles. The van der Waals surface area contributed by atoms with Crippen molar-refractivity contribution in [3.63, 3.8) is 0 Å². The lowest BCUT2D eigenvalue weighted by molar-refractivity contribution is -0.114. The van der Waals surface area contributed by atoms with E-state index in [1.165, 1.54) is 0 Å². The molecule has 0 aliphatic carbocycles. The van der Waals surface area contributed by atoms with Gasteiger partial charge in [-0.05, 0) is 60.4 Å². The Morgan fingerprint density at radius 2 is 1.87 bits per heavy atom. The predicted octanol–water partition coefficient (Wildman–Crippen LogP) is 5.87. The summed E-state index contributed by atoms with van der Waals surface area (Å²) in [6, 6.07) is 21.2. The smallest absolute Gasteiger partial charge is 0.273 e. The number of amides is 1. The summed E-state index contributed by atoms with van der Waals surface area (Å²) in [7, 11) is 0. The minimum absolute atomic E-state index is 0.0427. The first-order valence-electron chi connectivity index (χ1n) is 9.49. The van der Waals surface area contributed by atoms with Crippen LogP contribution in [0.5, 0.6) is 11.5 Å². The molecule has 0 saturated carbocycles. The van der Waals surface area contributed by atoms with Crippen LogP contribution in [0.15, 0.2) is 80.9 Å². The molecule has 7 heteroatoms. The molecule has 0 bridgehead atoms. The number of nitrogens with zero attached hydrogens (tertiary/aromatic N) is 2. The van der Waals surface area contributed by atoms with E-state index in [0.717, 1.165) is 26.1 Å². The van der Waals surface area contributed by atoms with Crippen LogP contribution in [0.1, 0.15) is 5.56 Å². The van der Waals surface area contributed by atoms with Crippen molar-refractivity contribution < 1.29 is 14.3 Å². The molecule has 152 valence electrons. The predicted molar refractivity (Wildman–Crippen MR) is 122 cm³/mol. The van der Waals surface area contributed by atoms with Gasteiger partial charge in [-0.3, -0.25) is 9.69 Å². The van der Waals surface area contributed by atoms with Crippen LogP contribution >= 0.6 is 23.5 Å². The zero-order chi connectivity index (χ0) is 21.4. The maximum absolute atomic E-state index is 13.7. The first kappa shape index (κ1) is 19.6. The van der Waals surface area contributed by atoms with Gasteiger partial charge in [-0.25, -0.2) is 0 Å². The third-order valence-corrected chi connectivity index (χ3v) is 6.85. The number of hydrogen-bond acceptors (Lipinski definition) is 6. The topological polar surface area (TPSA) is 62.6 Å². The number of para-hydroxylation sites is 1. The van der Waals surface area contributed by atoms with E-state index >= 15 is 0 Å². The Hall–Kier alpha value is -3.34. The quantitative estimate of drug-likeness (QED) is 0.286. The summed E-state index contributed by atoms with van der Waals surface area (Å²) in [6.07, 6.45) is 3.59. The van der Waals surface area contributed by atoms with Gasteiger partial charge in [0.25, 0.3) is 5.91 Å². The molecule has 1 amide bonds. The minimum atomic E-state index is -0.368. The average Bonchev–Trinajstić information content (AvgIpc) is 3.28. The van der Waals surface area contributed by atoms with Crippen LogP contribution in [0.2, 0.25) is 0 Å².